The van der Waals surface area contributed by atoms with Gasteiger partial charge in [0.25, 0.3) is 0 Å². The van der Waals surface area contributed by atoms with Crippen LogP contribution >= 0.6 is 0 Å². The van der Waals surface area contributed by atoms with Crippen LogP contribution in [-0.4, -0.2) is 83.2 Å². The number of ether oxygens (including phenoxy) is 1. The van der Waals surface area contributed by atoms with Gasteiger partial charge in [-0.2, -0.15) is 0 Å². The molecule has 0 bridgehead atoms. The fourth-order valence-electron chi connectivity index (χ4n) is 7.58. The minimum atomic E-state index is -0.649. The summed E-state index contributed by atoms with van der Waals surface area (Å²) in [5.74, 6) is 0.329. The lowest BCUT2D eigenvalue weighted by Crippen LogP contribution is -2.49. The summed E-state index contributed by atoms with van der Waals surface area (Å²) in [4.78, 5) is 32.2. The molecular formula is C34H47N3O4. The molecule has 7 heteroatoms. The Hall–Kier alpha value is -2.90. The van der Waals surface area contributed by atoms with Gasteiger partial charge in [0.1, 0.15) is 12.6 Å². The van der Waals surface area contributed by atoms with Crippen LogP contribution in [0.1, 0.15) is 68.9 Å². The summed E-state index contributed by atoms with van der Waals surface area (Å²) in [6.45, 7) is 7.46. The van der Waals surface area contributed by atoms with Crippen molar-refractivity contribution in [1.29, 1.82) is 0 Å². The van der Waals surface area contributed by atoms with Gasteiger partial charge in [-0.1, -0.05) is 79.9 Å². The SMILES string of the molecule is CCN(C(=O)OCc1ccccc1)C1CCN(CC2CN(C(C(=O)O)C3CCCCC3)CC2c2ccccc2)CC1. The molecule has 2 heterocycles. The molecule has 2 aliphatic heterocycles. The van der Waals surface area contributed by atoms with E-state index in [9.17, 15) is 14.7 Å². The lowest BCUT2D eigenvalue weighted by Gasteiger charge is -2.39. The van der Waals surface area contributed by atoms with Gasteiger partial charge < -0.3 is 19.6 Å². The fraction of sp³-hybridized carbons (Fsp3) is 0.588. The van der Waals surface area contributed by atoms with E-state index in [1.807, 2.05) is 42.2 Å². The molecule has 0 spiro atoms. The number of amides is 1. The minimum absolute atomic E-state index is 0.187. The maximum absolute atomic E-state index is 12.9. The molecule has 3 atom stereocenters. The smallest absolute Gasteiger partial charge is 0.410 e. The molecule has 0 aromatic heterocycles. The second-order valence-corrected chi connectivity index (χ2v) is 12.3. The van der Waals surface area contributed by atoms with E-state index in [1.54, 1.807) is 0 Å². The molecule has 1 amide bonds. The molecule has 1 N–H and O–H groups in total. The zero-order valence-electron chi connectivity index (χ0n) is 24.6. The van der Waals surface area contributed by atoms with Crippen LogP contribution in [0, 0.1) is 11.8 Å². The topological polar surface area (TPSA) is 73.3 Å². The predicted molar refractivity (Wildman–Crippen MR) is 161 cm³/mol. The molecule has 3 aliphatic rings. The van der Waals surface area contributed by atoms with E-state index in [4.69, 9.17) is 4.74 Å². The molecule has 7 nitrogen and oxygen atoms in total. The molecular weight excluding hydrogens is 514 g/mol. The molecule has 41 heavy (non-hydrogen) atoms. The lowest BCUT2D eigenvalue weighted by molar-refractivity contribution is -0.145. The normalized spacial score (nSPS) is 23.7. The zero-order valence-corrected chi connectivity index (χ0v) is 24.6. The highest BCUT2D eigenvalue weighted by Gasteiger charge is 2.43. The molecule has 0 radical (unpaired) electrons. The Bertz CT molecular complexity index is 1100. The third-order valence-electron chi connectivity index (χ3n) is 9.71. The van der Waals surface area contributed by atoms with Crippen molar-refractivity contribution in [3.63, 3.8) is 0 Å². The molecule has 2 saturated heterocycles. The zero-order chi connectivity index (χ0) is 28.6. The second kappa shape index (κ2) is 14.3. The van der Waals surface area contributed by atoms with Gasteiger partial charge in [-0.05, 0) is 55.6 Å². The highest BCUT2D eigenvalue weighted by Crippen LogP contribution is 2.38. The standard InChI is InChI=1S/C34H47N3O4/c1-2-37(34(40)41-25-26-12-6-3-7-13-26)30-18-20-35(21-19-30)22-29-23-36(24-31(29)27-14-8-4-9-15-27)32(33(38)39)28-16-10-5-11-17-28/h3-4,6-9,12-15,28-32H,2,5,10-11,16-25H2,1H3,(H,38,39). The van der Waals surface area contributed by atoms with Gasteiger partial charge in [-0.15, -0.1) is 0 Å². The molecule has 1 saturated carbocycles. The maximum Gasteiger partial charge on any atom is 0.410 e. The van der Waals surface area contributed by atoms with Gasteiger partial charge in [0.05, 0.1) is 0 Å². The number of piperidine rings is 1. The van der Waals surface area contributed by atoms with Crippen LogP contribution in [-0.2, 0) is 16.1 Å². The maximum atomic E-state index is 12.9. The Kier molecular flexibility index (Phi) is 10.3. The van der Waals surface area contributed by atoms with E-state index in [0.717, 1.165) is 76.8 Å². The van der Waals surface area contributed by atoms with Crippen LogP contribution in [0.5, 0.6) is 0 Å². The van der Waals surface area contributed by atoms with Crippen molar-refractivity contribution in [2.45, 2.75) is 76.5 Å². The third kappa shape index (κ3) is 7.49. The third-order valence-corrected chi connectivity index (χ3v) is 9.71. The molecule has 3 fully saturated rings. The van der Waals surface area contributed by atoms with Crippen molar-refractivity contribution in [3.8, 4) is 0 Å². The minimum Gasteiger partial charge on any atom is -0.480 e. The van der Waals surface area contributed by atoms with E-state index < -0.39 is 5.97 Å². The highest BCUT2D eigenvalue weighted by atomic mass is 16.6. The first-order valence-corrected chi connectivity index (χ1v) is 15.7. The van der Waals surface area contributed by atoms with E-state index in [2.05, 4.69) is 40.1 Å². The monoisotopic (exact) mass is 561 g/mol. The summed E-state index contributed by atoms with van der Waals surface area (Å²) in [7, 11) is 0. The second-order valence-electron chi connectivity index (χ2n) is 12.3. The van der Waals surface area contributed by atoms with Crippen molar-refractivity contribution >= 4 is 12.1 Å². The van der Waals surface area contributed by atoms with Crippen molar-refractivity contribution in [1.82, 2.24) is 14.7 Å². The Morgan fingerprint density at radius 3 is 2.22 bits per heavy atom. The quantitative estimate of drug-likeness (QED) is 0.392. The summed E-state index contributed by atoms with van der Waals surface area (Å²) < 4.78 is 5.66. The summed E-state index contributed by atoms with van der Waals surface area (Å²) >= 11 is 0. The van der Waals surface area contributed by atoms with Crippen LogP contribution in [0.3, 0.4) is 0 Å². The summed E-state index contributed by atoms with van der Waals surface area (Å²) in [6.07, 6.45) is 7.23. The Balaban J connectivity index is 1.20. The van der Waals surface area contributed by atoms with Crippen molar-refractivity contribution in [2.24, 2.45) is 11.8 Å². The lowest BCUT2D eigenvalue weighted by atomic mass is 9.83. The Morgan fingerprint density at radius 1 is 0.927 bits per heavy atom. The number of carboxylic acid groups (broad SMARTS) is 1. The first-order valence-electron chi connectivity index (χ1n) is 15.7. The van der Waals surface area contributed by atoms with Crippen molar-refractivity contribution in [3.05, 3.63) is 71.8 Å². The molecule has 2 aromatic carbocycles. The van der Waals surface area contributed by atoms with E-state index in [-0.39, 0.29) is 24.1 Å². The van der Waals surface area contributed by atoms with Crippen LogP contribution in [0.4, 0.5) is 4.79 Å². The molecule has 2 aromatic rings. The number of hydrogen-bond acceptors (Lipinski definition) is 5. The molecule has 222 valence electrons. The van der Waals surface area contributed by atoms with Gasteiger partial charge in [-0.3, -0.25) is 9.69 Å². The number of likely N-dealkylation sites (tertiary alicyclic amines) is 2. The van der Waals surface area contributed by atoms with Gasteiger partial charge in [0.15, 0.2) is 0 Å². The first-order chi connectivity index (χ1) is 20.0. The fourth-order valence-corrected chi connectivity index (χ4v) is 7.58. The van der Waals surface area contributed by atoms with Gasteiger partial charge >= 0.3 is 12.1 Å². The number of benzene rings is 2. The predicted octanol–water partition coefficient (Wildman–Crippen LogP) is 5.86. The largest absolute Gasteiger partial charge is 0.480 e. The molecule has 1 aliphatic carbocycles. The average molecular weight is 562 g/mol. The average Bonchev–Trinajstić information content (AvgIpc) is 3.41. The number of hydrogen-bond donors (Lipinski definition) is 1. The number of carbonyl (C=O) groups excluding carboxylic acids is 1. The van der Waals surface area contributed by atoms with Crippen LogP contribution in [0.2, 0.25) is 0 Å². The first kappa shape index (κ1) is 29.6. The number of rotatable bonds is 10. The van der Waals surface area contributed by atoms with Gasteiger partial charge in [0, 0.05) is 51.2 Å². The number of carbonyl (C=O) groups is 2. The summed E-state index contributed by atoms with van der Waals surface area (Å²) in [6, 6.07) is 20.3. The van der Waals surface area contributed by atoms with Gasteiger partial charge in [0.2, 0.25) is 0 Å². The van der Waals surface area contributed by atoms with Gasteiger partial charge in [-0.25, -0.2) is 4.79 Å². The highest BCUT2D eigenvalue weighted by molar-refractivity contribution is 5.74. The summed E-state index contributed by atoms with van der Waals surface area (Å²) in [5.41, 5.74) is 2.32. The molecule has 3 unspecified atom stereocenters. The van der Waals surface area contributed by atoms with E-state index in [1.165, 1.54) is 12.0 Å². The summed E-state index contributed by atoms with van der Waals surface area (Å²) in [5, 5.41) is 10.3. The van der Waals surface area contributed by atoms with Crippen molar-refractivity contribution in [2.75, 3.05) is 39.3 Å². The number of carboxylic acids is 1. The van der Waals surface area contributed by atoms with Crippen LogP contribution < -0.4 is 0 Å². The number of nitrogens with zero attached hydrogens (tertiary/aromatic N) is 3. The van der Waals surface area contributed by atoms with Crippen molar-refractivity contribution < 1.29 is 19.4 Å². The van der Waals surface area contributed by atoms with E-state index >= 15 is 0 Å². The Morgan fingerprint density at radius 2 is 1.59 bits per heavy atom. The van der Waals surface area contributed by atoms with Crippen LogP contribution in [0.15, 0.2) is 60.7 Å². The van der Waals surface area contributed by atoms with Crippen LogP contribution in [0.25, 0.3) is 0 Å². The molecule has 5 rings (SSSR count). The Labute approximate surface area is 245 Å². The number of aliphatic carboxylic acids is 1. The van der Waals surface area contributed by atoms with E-state index in [0.29, 0.717) is 25.0 Å².